The standard InChI is InChI=1S/C32H36ClN5O3.C2H6/c1-31(2,3)41-30(39)37-17-15-32(16-18-37,24-11-13-25(33)14-12-24)23-9-7-22(8-10-23)27-28-29(35-20-34-27)38(21-36-28)26-6-4-5-19-40-26;1-2/h7-14,20-21,26H,4-6,15-19H2,1-3H3;1-2H3. The molecule has 2 fully saturated rings. The smallest absolute Gasteiger partial charge is 0.410 e. The number of aromatic nitrogens is 4. The molecule has 0 saturated carbocycles. The first-order valence-electron chi connectivity index (χ1n) is 15.4. The molecule has 2 aliphatic rings. The van der Waals surface area contributed by atoms with Crippen LogP contribution in [0.25, 0.3) is 22.4 Å². The molecule has 2 saturated heterocycles. The predicted molar refractivity (Wildman–Crippen MR) is 170 cm³/mol. The summed E-state index contributed by atoms with van der Waals surface area (Å²) < 4.78 is 13.7. The Morgan fingerprint density at radius 2 is 1.60 bits per heavy atom. The fourth-order valence-electron chi connectivity index (χ4n) is 6.07. The van der Waals surface area contributed by atoms with Crippen LogP contribution >= 0.6 is 11.6 Å². The van der Waals surface area contributed by atoms with E-state index in [1.54, 1.807) is 6.33 Å². The van der Waals surface area contributed by atoms with Crippen molar-refractivity contribution in [3.05, 3.63) is 77.3 Å². The van der Waals surface area contributed by atoms with Gasteiger partial charge in [0.25, 0.3) is 0 Å². The summed E-state index contributed by atoms with van der Waals surface area (Å²) >= 11 is 6.26. The summed E-state index contributed by atoms with van der Waals surface area (Å²) in [5.41, 5.74) is 4.94. The number of amides is 1. The molecule has 4 aromatic rings. The summed E-state index contributed by atoms with van der Waals surface area (Å²) in [5, 5.41) is 0.705. The Balaban J connectivity index is 0.00000180. The molecule has 2 aromatic heterocycles. The van der Waals surface area contributed by atoms with Crippen LogP contribution < -0.4 is 0 Å². The van der Waals surface area contributed by atoms with Crippen LogP contribution in [0, 0.1) is 0 Å². The number of benzene rings is 2. The van der Waals surface area contributed by atoms with Crippen molar-refractivity contribution in [2.24, 2.45) is 0 Å². The summed E-state index contributed by atoms with van der Waals surface area (Å²) in [6, 6.07) is 16.7. The first-order chi connectivity index (χ1) is 20.7. The first-order valence-corrected chi connectivity index (χ1v) is 15.8. The molecule has 4 heterocycles. The maximum Gasteiger partial charge on any atom is 0.410 e. The van der Waals surface area contributed by atoms with E-state index in [9.17, 15) is 4.79 Å². The van der Waals surface area contributed by atoms with E-state index in [0.29, 0.717) is 18.1 Å². The van der Waals surface area contributed by atoms with Gasteiger partial charge < -0.3 is 14.4 Å². The van der Waals surface area contributed by atoms with E-state index in [4.69, 9.17) is 26.1 Å². The Hall–Kier alpha value is -3.49. The van der Waals surface area contributed by atoms with Gasteiger partial charge in [-0.2, -0.15) is 0 Å². The molecule has 0 aliphatic carbocycles. The number of carbonyl (C=O) groups is 1. The van der Waals surface area contributed by atoms with Crippen LogP contribution in [0.2, 0.25) is 5.02 Å². The van der Waals surface area contributed by atoms with Gasteiger partial charge in [0.05, 0.1) is 6.33 Å². The number of hydrogen-bond donors (Lipinski definition) is 0. The van der Waals surface area contributed by atoms with Gasteiger partial charge in [0.1, 0.15) is 29.4 Å². The first kappa shape index (κ1) is 31.0. The van der Waals surface area contributed by atoms with Gasteiger partial charge in [-0.15, -0.1) is 0 Å². The second-order valence-corrected chi connectivity index (χ2v) is 12.4. The molecule has 1 atom stereocenters. The third kappa shape index (κ3) is 6.55. The Kier molecular flexibility index (Phi) is 9.37. The van der Waals surface area contributed by atoms with Gasteiger partial charge in [-0.25, -0.2) is 19.7 Å². The topological polar surface area (TPSA) is 82.4 Å². The van der Waals surface area contributed by atoms with Crippen molar-refractivity contribution in [3.63, 3.8) is 0 Å². The largest absolute Gasteiger partial charge is 0.444 e. The van der Waals surface area contributed by atoms with Crippen LogP contribution in [0.1, 0.15) is 84.1 Å². The number of fused-ring (bicyclic) bond motifs is 1. The summed E-state index contributed by atoms with van der Waals surface area (Å²) in [4.78, 5) is 28.5. The second kappa shape index (κ2) is 13.0. The minimum atomic E-state index is -0.525. The highest BCUT2D eigenvalue weighted by atomic mass is 35.5. The van der Waals surface area contributed by atoms with E-state index in [1.807, 2.05) is 62.5 Å². The Morgan fingerprint density at radius 1 is 0.953 bits per heavy atom. The molecule has 228 valence electrons. The lowest BCUT2D eigenvalue weighted by atomic mass is 9.68. The van der Waals surface area contributed by atoms with Crippen LogP contribution in [0.3, 0.4) is 0 Å². The number of nitrogens with zero attached hydrogens (tertiary/aromatic N) is 5. The number of rotatable bonds is 4. The average molecular weight is 604 g/mol. The summed E-state index contributed by atoms with van der Waals surface area (Å²) in [5.74, 6) is 0. The van der Waals surface area contributed by atoms with Crippen molar-refractivity contribution in [2.45, 2.75) is 84.0 Å². The highest BCUT2D eigenvalue weighted by Crippen LogP contribution is 2.43. The van der Waals surface area contributed by atoms with E-state index < -0.39 is 5.60 Å². The highest BCUT2D eigenvalue weighted by Gasteiger charge is 2.40. The summed E-state index contributed by atoms with van der Waals surface area (Å²) in [6.45, 7) is 11.7. The number of halogens is 1. The minimum Gasteiger partial charge on any atom is -0.444 e. The van der Waals surface area contributed by atoms with Gasteiger partial charge in [0, 0.05) is 35.7 Å². The van der Waals surface area contributed by atoms with E-state index in [2.05, 4.69) is 46.4 Å². The zero-order valence-corrected chi connectivity index (χ0v) is 26.6. The average Bonchev–Trinajstić information content (AvgIpc) is 3.47. The van der Waals surface area contributed by atoms with Crippen molar-refractivity contribution in [1.29, 1.82) is 0 Å². The molecule has 9 heteroatoms. The van der Waals surface area contributed by atoms with Crippen LogP contribution in [-0.4, -0.2) is 55.8 Å². The van der Waals surface area contributed by atoms with Crippen LogP contribution in [0.4, 0.5) is 4.79 Å². The monoisotopic (exact) mass is 603 g/mol. The third-order valence-electron chi connectivity index (χ3n) is 8.20. The quantitative estimate of drug-likeness (QED) is 0.234. The lowest BCUT2D eigenvalue weighted by Gasteiger charge is -2.43. The number of imidazole rings is 1. The van der Waals surface area contributed by atoms with Crippen molar-refractivity contribution in [3.8, 4) is 11.3 Å². The van der Waals surface area contributed by atoms with Gasteiger partial charge >= 0.3 is 6.09 Å². The molecule has 0 bridgehead atoms. The zero-order valence-electron chi connectivity index (χ0n) is 25.8. The maximum absolute atomic E-state index is 12.8. The fourth-order valence-corrected chi connectivity index (χ4v) is 6.20. The SMILES string of the molecule is CC.CC(C)(C)OC(=O)N1CCC(c2ccc(Cl)cc2)(c2ccc(-c3ncnc4c3ncn4C3CCCCO3)cc2)CC1. The van der Waals surface area contributed by atoms with Crippen molar-refractivity contribution < 1.29 is 14.3 Å². The van der Waals surface area contributed by atoms with Gasteiger partial charge in [0.2, 0.25) is 0 Å². The number of hydrogen-bond acceptors (Lipinski definition) is 6. The molecule has 0 N–H and O–H groups in total. The van der Waals surface area contributed by atoms with Crippen molar-refractivity contribution >= 4 is 28.9 Å². The molecular weight excluding hydrogens is 562 g/mol. The van der Waals surface area contributed by atoms with Gasteiger partial charge in [-0.05, 0) is 76.1 Å². The maximum atomic E-state index is 12.8. The number of carbonyl (C=O) groups excluding carboxylic acids is 1. The van der Waals surface area contributed by atoms with E-state index in [0.717, 1.165) is 61.1 Å². The molecule has 0 radical (unpaired) electrons. The molecular formula is C34H42ClN5O3. The molecule has 43 heavy (non-hydrogen) atoms. The van der Waals surface area contributed by atoms with E-state index in [1.165, 1.54) is 11.1 Å². The Bertz CT molecular complexity index is 1510. The lowest BCUT2D eigenvalue weighted by Crippen LogP contribution is -2.47. The normalized spacial score (nSPS) is 18.6. The molecule has 0 spiro atoms. The zero-order chi connectivity index (χ0) is 30.6. The number of piperidine rings is 1. The molecule has 6 rings (SSSR count). The van der Waals surface area contributed by atoms with Crippen LogP contribution in [-0.2, 0) is 14.9 Å². The predicted octanol–water partition coefficient (Wildman–Crippen LogP) is 8.19. The van der Waals surface area contributed by atoms with Crippen LogP contribution in [0.5, 0.6) is 0 Å². The number of ether oxygens (including phenoxy) is 2. The fraction of sp³-hybridized carbons (Fsp3) is 0.471. The minimum absolute atomic E-state index is 0.0374. The molecule has 2 aliphatic heterocycles. The molecule has 1 unspecified atom stereocenters. The Morgan fingerprint density at radius 3 is 2.21 bits per heavy atom. The summed E-state index contributed by atoms with van der Waals surface area (Å²) in [7, 11) is 0. The van der Waals surface area contributed by atoms with Crippen molar-refractivity contribution in [1.82, 2.24) is 24.4 Å². The number of likely N-dealkylation sites (tertiary alicyclic amines) is 1. The third-order valence-corrected chi connectivity index (χ3v) is 8.45. The van der Waals surface area contributed by atoms with Gasteiger partial charge in [-0.3, -0.25) is 4.57 Å². The van der Waals surface area contributed by atoms with Gasteiger partial charge in [0.15, 0.2) is 5.65 Å². The lowest BCUT2D eigenvalue weighted by molar-refractivity contribution is -0.0298. The molecule has 1 amide bonds. The molecule has 8 nitrogen and oxygen atoms in total. The van der Waals surface area contributed by atoms with Crippen LogP contribution in [0.15, 0.2) is 61.2 Å². The van der Waals surface area contributed by atoms with Crippen molar-refractivity contribution in [2.75, 3.05) is 19.7 Å². The Labute approximate surface area is 259 Å². The van der Waals surface area contributed by atoms with Gasteiger partial charge in [-0.1, -0.05) is 61.8 Å². The van der Waals surface area contributed by atoms with E-state index in [-0.39, 0.29) is 17.7 Å². The van der Waals surface area contributed by atoms with E-state index >= 15 is 0 Å². The molecule has 2 aromatic carbocycles. The summed E-state index contributed by atoms with van der Waals surface area (Å²) in [6.07, 6.45) is 7.86. The second-order valence-electron chi connectivity index (χ2n) is 12.0. The highest BCUT2D eigenvalue weighted by molar-refractivity contribution is 6.30.